The number of hydrazone groups is 1. The summed E-state index contributed by atoms with van der Waals surface area (Å²) < 4.78 is 10.3. The Morgan fingerprint density at radius 2 is 1.74 bits per heavy atom. The Balaban J connectivity index is 1.95. The van der Waals surface area contributed by atoms with Crippen LogP contribution in [0.2, 0.25) is 0 Å². The second kappa shape index (κ2) is 9.38. The maximum absolute atomic E-state index is 12.2. The summed E-state index contributed by atoms with van der Waals surface area (Å²) in [6.45, 7) is 3.59. The molecule has 0 unspecified atom stereocenters. The van der Waals surface area contributed by atoms with Gasteiger partial charge in [0.15, 0.2) is 11.5 Å². The molecule has 0 radical (unpaired) electrons. The highest BCUT2D eigenvalue weighted by atomic mass is 16.5. The third kappa shape index (κ3) is 5.57. The normalized spacial score (nSPS) is 10.9. The van der Waals surface area contributed by atoms with E-state index in [4.69, 9.17) is 9.47 Å². The number of ether oxygens (including phenoxy) is 2. The average Bonchev–Trinajstić information content (AvgIpc) is 2.67. The quantitative estimate of drug-likeness (QED) is 0.580. The number of methoxy groups -OCH3 is 2. The third-order valence-corrected chi connectivity index (χ3v) is 3.83. The third-order valence-electron chi connectivity index (χ3n) is 3.83. The first kappa shape index (κ1) is 20.0. The van der Waals surface area contributed by atoms with Crippen LogP contribution in [0.15, 0.2) is 47.6 Å². The van der Waals surface area contributed by atoms with Crippen molar-refractivity contribution in [2.45, 2.75) is 20.3 Å². The molecule has 0 spiro atoms. The number of anilines is 1. The molecule has 7 nitrogen and oxygen atoms in total. The number of hydrogen-bond donors (Lipinski definition) is 2. The molecule has 0 aliphatic rings. The van der Waals surface area contributed by atoms with Gasteiger partial charge in [0.2, 0.25) is 5.91 Å². The molecule has 0 heterocycles. The van der Waals surface area contributed by atoms with Gasteiger partial charge in [0, 0.05) is 17.0 Å². The number of para-hydroxylation sites is 1. The molecule has 0 bridgehead atoms. The highest BCUT2D eigenvalue weighted by Crippen LogP contribution is 2.27. The molecule has 0 saturated heterocycles. The Morgan fingerprint density at radius 1 is 1.04 bits per heavy atom. The Kier molecular flexibility index (Phi) is 6.93. The highest BCUT2D eigenvalue weighted by Gasteiger charge is 2.11. The Morgan fingerprint density at radius 3 is 2.41 bits per heavy atom. The van der Waals surface area contributed by atoms with Crippen molar-refractivity contribution in [1.82, 2.24) is 5.43 Å². The number of amides is 2. The van der Waals surface area contributed by atoms with Crippen LogP contribution in [0.3, 0.4) is 0 Å². The molecule has 2 rings (SSSR count). The molecular formula is C20H23N3O4. The second-order valence-corrected chi connectivity index (χ2v) is 5.90. The smallest absolute Gasteiger partial charge is 0.271 e. The van der Waals surface area contributed by atoms with Gasteiger partial charge < -0.3 is 14.8 Å². The molecular weight excluding hydrogens is 346 g/mol. The maximum atomic E-state index is 12.2. The van der Waals surface area contributed by atoms with Crippen LogP contribution >= 0.6 is 0 Å². The number of rotatable bonds is 7. The van der Waals surface area contributed by atoms with Gasteiger partial charge in [-0.25, -0.2) is 5.43 Å². The molecule has 2 amide bonds. The van der Waals surface area contributed by atoms with Crippen LogP contribution in [0.25, 0.3) is 0 Å². The number of nitrogens with one attached hydrogen (secondary N) is 2. The molecule has 0 saturated carbocycles. The Hall–Kier alpha value is -3.35. The van der Waals surface area contributed by atoms with Gasteiger partial charge in [-0.05, 0) is 43.7 Å². The van der Waals surface area contributed by atoms with Gasteiger partial charge in [-0.2, -0.15) is 5.10 Å². The highest BCUT2D eigenvalue weighted by molar-refractivity contribution is 6.06. The van der Waals surface area contributed by atoms with E-state index in [1.165, 1.54) is 14.2 Å². The topological polar surface area (TPSA) is 89.0 Å². The van der Waals surface area contributed by atoms with E-state index < -0.39 is 5.91 Å². The van der Waals surface area contributed by atoms with Gasteiger partial charge in [0.05, 0.1) is 20.6 Å². The van der Waals surface area contributed by atoms with Gasteiger partial charge in [-0.15, -0.1) is 0 Å². The SMILES string of the molecule is COc1ccc(C(=O)NN=C(C)CC(=O)Nc2ccccc2C)cc1OC. The number of carbonyl (C=O) groups excluding carboxylic acids is 2. The summed E-state index contributed by atoms with van der Waals surface area (Å²) in [5.41, 5.74) is 5.02. The molecule has 2 aromatic carbocycles. The van der Waals surface area contributed by atoms with Crippen molar-refractivity contribution in [2.75, 3.05) is 19.5 Å². The van der Waals surface area contributed by atoms with E-state index >= 15 is 0 Å². The van der Waals surface area contributed by atoms with Crippen molar-refractivity contribution in [1.29, 1.82) is 0 Å². The lowest BCUT2D eigenvalue weighted by atomic mass is 10.2. The standard InChI is InChI=1S/C20H23N3O4/c1-13-7-5-6-8-16(13)21-19(24)11-14(2)22-23-20(25)15-9-10-17(26-3)18(12-15)27-4/h5-10,12H,11H2,1-4H3,(H,21,24)(H,23,25). The number of carbonyl (C=O) groups is 2. The molecule has 2 aromatic rings. The number of aryl methyl sites for hydroxylation is 1. The van der Waals surface area contributed by atoms with E-state index in [1.54, 1.807) is 25.1 Å². The van der Waals surface area contributed by atoms with E-state index in [-0.39, 0.29) is 12.3 Å². The predicted octanol–water partition coefficient (Wildman–Crippen LogP) is 3.15. The molecule has 2 N–H and O–H groups in total. The zero-order chi connectivity index (χ0) is 19.8. The summed E-state index contributed by atoms with van der Waals surface area (Å²) in [6.07, 6.45) is 0.0700. The van der Waals surface area contributed by atoms with E-state index in [1.807, 2.05) is 31.2 Å². The van der Waals surface area contributed by atoms with E-state index in [0.717, 1.165) is 11.3 Å². The van der Waals surface area contributed by atoms with Gasteiger partial charge in [0.1, 0.15) is 0 Å². The first-order valence-electron chi connectivity index (χ1n) is 8.35. The minimum atomic E-state index is -0.408. The lowest BCUT2D eigenvalue weighted by molar-refractivity contribution is -0.115. The van der Waals surface area contributed by atoms with Crippen LogP contribution in [0.4, 0.5) is 5.69 Å². The van der Waals surface area contributed by atoms with Crippen molar-refractivity contribution in [3.8, 4) is 11.5 Å². The minimum absolute atomic E-state index is 0.0700. The summed E-state index contributed by atoms with van der Waals surface area (Å²) in [5, 5.41) is 6.81. The van der Waals surface area contributed by atoms with Crippen LogP contribution in [-0.2, 0) is 4.79 Å². The zero-order valence-corrected chi connectivity index (χ0v) is 15.8. The Labute approximate surface area is 158 Å². The van der Waals surface area contributed by atoms with Crippen LogP contribution < -0.4 is 20.2 Å². The summed E-state index contributed by atoms with van der Waals surface area (Å²) in [6, 6.07) is 12.3. The fraction of sp³-hybridized carbons (Fsp3) is 0.250. The molecule has 27 heavy (non-hydrogen) atoms. The predicted molar refractivity (Wildman–Crippen MR) is 105 cm³/mol. The van der Waals surface area contributed by atoms with Gasteiger partial charge in [-0.3, -0.25) is 9.59 Å². The molecule has 0 atom stereocenters. The molecule has 0 aliphatic heterocycles. The van der Waals surface area contributed by atoms with Gasteiger partial charge in [0.25, 0.3) is 5.91 Å². The van der Waals surface area contributed by atoms with E-state index in [9.17, 15) is 9.59 Å². The van der Waals surface area contributed by atoms with E-state index in [0.29, 0.717) is 22.8 Å². The fourth-order valence-electron chi connectivity index (χ4n) is 2.37. The lowest BCUT2D eigenvalue weighted by Gasteiger charge is -2.09. The van der Waals surface area contributed by atoms with Crippen molar-refractivity contribution in [2.24, 2.45) is 5.10 Å². The van der Waals surface area contributed by atoms with Crippen LogP contribution in [-0.4, -0.2) is 31.7 Å². The molecule has 0 aliphatic carbocycles. The van der Waals surface area contributed by atoms with Crippen molar-refractivity contribution in [3.05, 3.63) is 53.6 Å². The van der Waals surface area contributed by atoms with Crippen LogP contribution in [0, 0.1) is 6.92 Å². The fourth-order valence-corrected chi connectivity index (χ4v) is 2.37. The summed E-state index contributed by atoms with van der Waals surface area (Å²) in [4.78, 5) is 24.3. The summed E-state index contributed by atoms with van der Waals surface area (Å²) in [5.74, 6) is 0.366. The summed E-state index contributed by atoms with van der Waals surface area (Å²) in [7, 11) is 3.02. The molecule has 0 fully saturated rings. The van der Waals surface area contributed by atoms with Crippen molar-refractivity contribution >= 4 is 23.2 Å². The monoisotopic (exact) mass is 369 g/mol. The Bertz CT molecular complexity index is 862. The lowest BCUT2D eigenvalue weighted by Crippen LogP contribution is -2.21. The average molecular weight is 369 g/mol. The van der Waals surface area contributed by atoms with Crippen LogP contribution in [0.5, 0.6) is 11.5 Å². The molecule has 142 valence electrons. The van der Waals surface area contributed by atoms with Crippen molar-refractivity contribution in [3.63, 3.8) is 0 Å². The minimum Gasteiger partial charge on any atom is -0.493 e. The van der Waals surface area contributed by atoms with Crippen molar-refractivity contribution < 1.29 is 19.1 Å². The summed E-state index contributed by atoms with van der Waals surface area (Å²) >= 11 is 0. The van der Waals surface area contributed by atoms with Gasteiger partial charge >= 0.3 is 0 Å². The molecule has 0 aromatic heterocycles. The number of nitrogens with zero attached hydrogens (tertiary/aromatic N) is 1. The number of hydrogen-bond acceptors (Lipinski definition) is 5. The number of benzene rings is 2. The largest absolute Gasteiger partial charge is 0.493 e. The first-order valence-corrected chi connectivity index (χ1v) is 8.35. The molecule has 7 heteroatoms. The first-order chi connectivity index (χ1) is 12.9. The zero-order valence-electron chi connectivity index (χ0n) is 15.8. The van der Waals surface area contributed by atoms with Gasteiger partial charge in [-0.1, -0.05) is 18.2 Å². The maximum Gasteiger partial charge on any atom is 0.271 e. The second-order valence-electron chi connectivity index (χ2n) is 5.90. The van der Waals surface area contributed by atoms with Crippen LogP contribution in [0.1, 0.15) is 29.3 Å². The van der Waals surface area contributed by atoms with E-state index in [2.05, 4.69) is 15.8 Å².